The summed E-state index contributed by atoms with van der Waals surface area (Å²) in [5, 5.41) is 4.06. The Hall–Kier alpha value is -1.04. The summed E-state index contributed by atoms with van der Waals surface area (Å²) >= 11 is 1.69. The van der Waals surface area contributed by atoms with Crippen molar-refractivity contribution >= 4 is 24.2 Å². The van der Waals surface area contributed by atoms with Crippen molar-refractivity contribution in [2.24, 2.45) is 5.73 Å². The highest BCUT2D eigenvalue weighted by atomic mass is 35.5. The molecule has 2 N–H and O–H groups in total. The predicted octanol–water partition coefficient (Wildman–Crippen LogP) is 3.51. The topological polar surface area (TPSA) is 64.9 Å². The Morgan fingerprint density at radius 3 is 2.60 bits per heavy atom. The molecule has 1 aliphatic carbocycles. The number of thioether (sulfide) groups is 1. The highest BCUT2D eigenvalue weighted by Crippen LogP contribution is 2.34. The summed E-state index contributed by atoms with van der Waals surface area (Å²) in [5.41, 5.74) is 5.95. The van der Waals surface area contributed by atoms with E-state index >= 15 is 0 Å². The van der Waals surface area contributed by atoms with Crippen LogP contribution < -0.4 is 5.73 Å². The van der Waals surface area contributed by atoms with E-state index in [1.165, 1.54) is 4.90 Å². The van der Waals surface area contributed by atoms with Crippen LogP contribution in [-0.4, -0.2) is 10.1 Å². The van der Waals surface area contributed by atoms with Crippen LogP contribution in [0.25, 0.3) is 0 Å². The Labute approximate surface area is 128 Å². The Kier molecular flexibility index (Phi) is 5.07. The van der Waals surface area contributed by atoms with E-state index in [1.807, 2.05) is 18.2 Å². The first-order chi connectivity index (χ1) is 9.26. The fraction of sp³-hybridized carbons (Fsp3) is 0.429. The highest BCUT2D eigenvalue weighted by molar-refractivity contribution is 7.98. The molecule has 0 saturated heterocycles. The van der Waals surface area contributed by atoms with Gasteiger partial charge in [-0.1, -0.05) is 36.2 Å². The van der Waals surface area contributed by atoms with Crippen molar-refractivity contribution in [1.29, 1.82) is 0 Å². The molecular formula is C14H18ClN3OS. The fourth-order valence-electron chi connectivity index (χ4n) is 2.41. The Balaban J connectivity index is 0.00000147. The molecule has 1 aromatic heterocycles. The zero-order valence-corrected chi connectivity index (χ0v) is 12.8. The lowest BCUT2D eigenvalue weighted by Crippen LogP contribution is -2.34. The van der Waals surface area contributed by atoms with Crippen molar-refractivity contribution < 1.29 is 4.52 Å². The largest absolute Gasteiger partial charge is 0.338 e. The van der Waals surface area contributed by atoms with E-state index in [0.717, 1.165) is 25.7 Å². The standard InChI is InChI=1S/C14H17N3OS.ClH/c15-14(8-4-5-9-14)13-16-12(18-17-13)10-19-11-6-2-1-3-7-11;/h1-3,6-7H,4-5,8-10,15H2;1H. The second-order valence-corrected chi connectivity index (χ2v) is 6.03. The van der Waals surface area contributed by atoms with Gasteiger partial charge in [0.2, 0.25) is 5.89 Å². The van der Waals surface area contributed by atoms with Crippen LogP contribution in [0.5, 0.6) is 0 Å². The first kappa shape index (κ1) is 15.4. The summed E-state index contributed by atoms with van der Waals surface area (Å²) < 4.78 is 5.30. The van der Waals surface area contributed by atoms with E-state index in [1.54, 1.807) is 11.8 Å². The van der Waals surface area contributed by atoms with Gasteiger partial charge in [0.05, 0.1) is 11.3 Å². The van der Waals surface area contributed by atoms with Crippen LogP contribution in [0.2, 0.25) is 0 Å². The molecule has 4 nitrogen and oxygen atoms in total. The molecule has 3 rings (SSSR count). The number of nitrogens with two attached hydrogens (primary N) is 1. The van der Waals surface area contributed by atoms with E-state index in [-0.39, 0.29) is 17.9 Å². The SMILES string of the molecule is Cl.NC1(c2noc(CSc3ccccc3)n2)CCCC1. The maximum atomic E-state index is 6.31. The van der Waals surface area contributed by atoms with Crippen LogP contribution in [-0.2, 0) is 11.3 Å². The van der Waals surface area contributed by atoms with Gasteiger partial charge in [-0.25, -0.2) is 0 Å². The number of halogens is 1. The lowest BCUT2D eigenvalue weighted by Gasteiger charge is -2.17. The molecule has 2 aromatic rings. The molecule has 1 aromatic carbocycles. The Morgan fingerprint density at radius 1 is 1.20 bits per heavy atom. The normalized spacial score (nSPS) is 16.9. The zero-order valence-electron chi connectivity index (χ0n) is 11.1. The van der Waals surface area contributed by atoms with Crippen LogP contribution in [0.4, 0.5) is 0 Å². The van der Waals surface area contributed by atoms with Crippen LogP contribution in [0.15, 0.2) is 39.8 Å². The van der Waals surface area contributed by atoms with E-state index in [0.29, 0.717) is 17.5 Å². The monoisotopic (exact) mass is 311 g/mol. The molecular weight excluding hydrogens is 294 g/mol. The van der Waals surface area contributed by atoms with Crippen LogP contribution in [0, 0.1) is 0 Å². The molecule has 0 bridgehead atoms. The first-order valence-electron chi connectivity index (χ1n) is 6.56. The minimum atomic E-state index is -0.362. The molecule has 0 aliphatic heterocycles. The molecule has 1 heterocycles. The number of benzene rings is 1. The molecule has 20 heavy (non-hydrogen) atoms. The molecule has 0 spiro atoms. The molecule has 108 valence electrons. The summed E-state index contributed by atoms with van der Waals surface area (Å²) in [6.07, 6.45) is 4.22. The summed E-state index contributed by atoms with van der Waals surface area (Å²) in [7, 11) is 0. The lowest BCUT2D eigenvalue weighted by molar-refractivity contribution is 0.355. The zero-order chi connectivity index (χ0) is 13.1. The van der Waals surface area contributed by atoms with E-state index in [4.69, 9.17) is 10.3 Å². The molecule has 0 atom stereocenters. The number of rotatable bonds is 4. The average Bonchev–Trinajstić information content (AvgIpc) is 3.07. The molecule has 1 aliphatic rings. The van der Waals surface area contributed by atoms with Gasteiger partial charge in [-0.05, 0) is 25.0 Å². The van der Waals surface area contributed by atoms with Crippen molar-refractivity contribution in [3.8, 4) is 0 Å². The van der Waals surface area contributed by atoms with Gasteiger partial charge in [0.15, 0.2) is 5.82 Å². The fourth-order valence-corrected chi connectivity index (χ4v) is 3.16. The third kappa shape index (κ3) is 3.34. The lowest BCUT2D eigenvalue weighted by atomic mass is 9.99. The number of nitrogens with zero attached hydrogens (tertiary/aromatic N) is 2. The Bertz CT molecular complexity index is 540. The van der Waals surface area contributed by atoms with Crippen molar-refractivity contribution in [3.05, 3.63) is 42.0 Å². The molecule has 6 heteroatoms. The predicted molar refractivity (Wildman–Crippen MR) is 81.9 cm³/mol. The second-order valence-electron chi connectivity index (χ2n) is 4.98. The maximum absolute atomic E-state index is 6.31. The molecule has 0 unspecified atom stereocenters. The quantitative estimate of drug-likeness (QED) is 0.875. The van der Waals surface area contributed by atoms with Crippen molar-refractivity contribution in [2.45, 2.75) is 41.9 Å². The third-order valence-corrected chi connectivity index (χ3v) is 4.51. The molecule has 0 amide bonds. The van der Waals surface area contributed by atoms with E-state index in [9.17, 15) is 0 Å². The third-order valence-electron chi connectivity index (χ3n) is 3.51. The van der Waals surface area contributed by atoms with Gasteiger partial charge in [0.25, 0.3) is 0 Å². The van der Waals surface area contributed by atoms with Crippen molar-refractivity contribution in [3.63, 3.8) is 0 Å². The maximum Gasteiger partial charge on any atom is 0.237 e. The van der Waals surface area contributed by atoms with Gasteiger partial charge in [0, 0.05) is 4.90 Å². The highest BCUT2D eigenvalue weighted by Gasteiger charge is 2.35. The second kappa shape index (κ2) is 6.61. The van der Waals surface area contributed by atoms with Gasteiger partial charge < -0.3 is 10.3 Å². The average molecular weight is 312 g/mol. The summed E-state index contributed by atoms with van der Waals surface area (Å²) in [4.78, 5) is 5.66. The van der Waals surface area contributed by atoms with Gasteiger partial charge >= 0.3 is 0 Å². The number of hydrogen-bond donors (Lipinski definition) is 1. The van der Waals surface area contributed by atoms with Crippen LogP contribution >= 0.6 is 24.2 Å². The minimum Gasteiger partial charge on any atom is -0.338 e. The first-order valence-corrected chi connectivity index (χ1v) is 7.55. The van der Waals surface area contributed by atoms with Gasteiger partial charge in [-0.15, -0.1) is 24.2 Å². The van der Waals surface area contributed by atoms with Gasteiger partial charge in [-0.2, -0.15) is 4.98 Å². The number of hydrogen-bond acceptors (Lipinski definition) is 5. The molecule has 1 saturated carbocycles. The summed E-state index contributed by atoms with van der Waals surface area (Å²) in [5.74, 6) is 2.02. The molecule has 1 fully saturated rings. The summed E-state index contributed by atoms with van der Waals surface area (Å²) in [6.45, 7) is 0. The smallest absolute Gasteiger partial charge is 0.237 e. The molecule has 0 radical (unpaired) electrons. The van der Waals surface area contributed by atoms with Crippen LogP contribution in [0.1, 0.15) is 37.4 Å². The summed E-state index contributed by atoms with van der Waals surface area (Å²) in [6, 6.07) is 10.2. The van der Waals surface area contributed by atoms with Crippen LogP contribution in [0.3, 0.4) is 0 Å². The number of aromatic nitrogens is 2. The van der Waals surface area contributed by atoms with Crippen molar-refractivity contribution in [1.82, 2.24) is 10.1 Å². The minimum absolute atomic E-state index is 0. The Morgan fingerprint density at radius 2 is 1.90 bits per heavy atom. The van der Waals surface area contributed by atoms with E-state index in [2.05, 4.69) is 22.3 Å². The van der Waals surface area contributed by atoms with Gasteiger partial charge in [-0.3, -0.25) is 0 Å². The van der Waals surface area contributed by atoms with Crippen molar-refractivity contribution in [2.75, 3.05) is 0 Å². The van der Waals surface area contributed by atoms with Gasteiger partial charge in [0.1, 0.15) is 0 Å². The van der Waals surface area contributed by atoms with E-state index < -0.39 is 0 Å².